The number of rotatable bonds is 12. The van der Waals surface area contributed by atoms with Gasteiger partial charge in [-0.25, -0.2) is 94.6 Å². The number of carbonyl (C=O) groups is 4. The molecular formula is C86H97Cl2F2N17O12S4. The number of aliphatic imine (C=N–C) groups is 4. The molecule has 4 aliphatic heterocycles. The number of hydrogen-bond acceptors (Lipinski definition) is 25. The van der Waals surface area contributed by atoms with Crippen molar-refractivity contribution in [2.24, 2.45) is 42.9 Å². The van der Waals surface area contributed by atoms with Crippen molar-refractivity contribution in [3.63, 3.8) is 0 Å². The highest BCUT2D eigenvalue weighted by Gasteiger charge is 2.56. The van der Waals surface area contributed by atoms with Gasteiger partial charge in [-0.05, 0) is 222 Å². The van der Waals surface area contributed by atoms with Crippen molar-refractivity contribution in [3.8, 4) is 0 Å². The maximum atomic E-state index is 14.1. The standard InChI is InChI=1S/C22H25ClN4O3S.C22H25FN4O3S.C21H22ClFN4O3S.C21H25N5O3S/c1-13-9-17(23)20(25-12-13)18(28)11-14-7-8-15-5-4-6-19-22(2,16(15)10-14)26-21(24)27(3)31(19,29)30;1-13-9-16(23)12-25-20(13)18(28)11-14-7-8-15-5-4-6-19-22(2,17(15)10-14)26-21(24)27(3)31(19,29)30;1-21-15-8-12(9-17(28)19-16(23)10-14(22)11-25-19)6-7-13(15)4-3-5-18(21)31(29,30)27(2)20(24)26-21;1-13-11-24-17(12-23-13)18(27)10-14-7-8-15-5-4-6-19-21(2,16(15)9-14)25-20(22)26(3)30(19,28)29/h2*7-10,12,19H,4-6,11H2,1-3H3,(H2,24,26);6-8,10-11,18H,3-5,9H2,1-2H3,(H2,24,26);7-9,11-12,19H,4-6,10H2,1-3H3,(H2,22,25)/t2*19-,22+;18-,21+;19-,21+/m0000/s1. The predicted molar refractivity (Wildman–Crippen MR) is 466 cm³/mol. The smallest absolute Gasteiger partial charge is 0.242 e. The van der Waals surface area contributed by atoms with Crippen LogP contribution >= 0.6 is 23.2 Å². The van der Waals surface area contributed by atoms with E-state index in [9.17, 15) is 61.6 Å². The second-order valence-corrected chi connectivity index (χ2v) is 42.5. The number of pyridine rings is 3. The summed E-state index contributed by atoms with van der Waals surface area (Å²) in [5.41, 5.74) is 32.5. The first-order chi connectivity index (χ1) is 57.7. The fraction of sp³-hybridized carbons (Fsp3) is 0.407. The van der Waals surface area contributed by atoms with E-state index < -0.39 is 101 Å². The van der Waals surface area contributed by atoms with Gasteiger partial charge in [0, 0.05) is 72.5 Å². The summed E-state index contributed by atoms with van der Waals surface area (Å²) in [5, 5.41) is -2.47. The topological polar surface area (TPSA) is 436 Å². The summed E-state index contributed by atoms with van der Waals surface area (Å²) in [6.07, 6.45) is 14.9. The van der Waals surface area contributed by atoms with Crippen LogP contribution in [0.3, 0.4) is 0 Å². The van der Waals surface area contributed by atoms with Crippen molar-refractivity contribution in [3.05, 3.63) is 250 Å². The van der Waals surface area contributed by atoms with Crippen molar-refractivity contribution >= 4 is 110 Å². The Morgan fingerprint density at radius 3 is 1.06 bits per heavy atom. The molecule has 8 atom stereocenters. The number of ketones is 4. The van der Waals surface area contributed by atoms with Crippen molar-refractivity contribution < 1.29 is 61.6 Å². The van der Waals surface area contributed by atoms with Gasteiger partial charge in [-0.15, -0.1) is 0 Å². The van der Waals surface area contributed by atoms with Gasteiger partial charge >= 0.3 is 0 Å². The summed E-state index contributed by atoms with van der Waals surface area (Å²) >= 11 is 11.9. The summed E-state index contributed by atoms with van der Waals surface area (Å²) in [5.74, 6) is -2.48. The van der Waals surface area contributed by atoms with Crippen molar-refractivity contribution in [2.75, 3.05) is 28.2 Å². The number of hydrogen-bond donors (Lipinski definition) is 4. The van der Waals surface area contributed by atoms with Crippen LogP contribution in [-0.4, -0.2) is 172 Å². The van der Waals surface area contributed by atoms with Gasteiger partial charge < -0.3 is 22.9 Å². The van der Waals surface area contributed by atoms with Gasteiger partial charge in [0.15, 0.2) is 29.0 Å². The number of fused-ring (bicyclic) bond motifs is 12. The van der Waals surface area contributed by atoms with Crippen molar-refractivity contribution in [1.82, 2.24) is 42.1 Å². The number of aryl methyl sites for hydroxylation is 7. The Bertz CT molecular complexity index is 5840. The summed E-state index contributed by atoms with van der Waals surface area (Å²) in [7, 11) is -8.91. The molecule has 0 unspecified atom stereocenters. The average Bonchev–Trinajstić information content (AvgIpc) is 1.73. The maximum absolute atomic E-state index is 14.1. The third-order valence-electron chi connectivity index (χ3n) is 24.8. The Hall–Kier alpha value is -10.6. The molecule has 4 aromatic carbocycles. The zero-order valence-electron chi connectivity index (χ0n) is 69.8. The zero-order chi connectivity index (χ0) is 89.3. The van der Waals surface area contributed by atoms with E-state index in [-0.39, 0.29) is 89.0 Å². The monoisotopic (exact) mass is 1800 g/mol. The van der Waals surface area contributed by atoms with Gasteiger partial charge in [0.1, 0.15) is 71.7 Å². The first-order valence-electron chi connectivity index (χ1n) is 40.0. The molecule has 37 heteroatoms. The minimum atomic E-state index is -3.69. The van der Waals surface area contributed by atoms with Gasteiger partial charge in [0.2, 0.25) is 63.9 Å². The summed E-state index contributed by atoms with van der Waals surface area (Å²) in [6.45, 7) is 12.5. The first-order valence-corrected chi connectivity index (χ1v) is 46.8. The molecule has 8 heterocycles. The number of benzene rings is 4. The Kier molecular flexibility index (Phi) is 25.0. The molecule has 0 amide bonds. The van der Waals surface area contributed by atoms with Crippen LogP contribution in [0.2, 0.25) is 10.0 Å². The molecule has 8 aromatic rings. The molecule has 0 saturated carbocycles. The highest BCUT2D eigenvalue weighted by molar-refractivity contribution is 7.91. The van der Waals surface area contributed by atoms with Crippen LogP contribution in [0.15, 0.2) is 142 Å². The van der Waals surface area contributed by atoms with Crippen LogP contribution in [0, 0.1) is 32.4 Å². The van der Waals surface area contributed by atoms with E-state index in [0.717, 1.165) is 134 Å². The highest BCUT2D eigenvalue weighted by atomic mass is 35.5. The molecule has 4 aromatic heterocycles. The average molecular weight is 1800 g/mol. The number of aromatic nitrogens is 5. The van der Waals surface area contributed by atoms with Crippen molar-refractivity contribution in [1.29, 1.82) is 0 Å². The predicted octanol–water partition coefficient (Wildman–Crippen LogP) is 9.97. The molecule has 0 spiro atoms. The van der Waals surface area contributed by atoms with E-state index >= 15 is 0 Å². The largest absolute Gasteiger partial charge is 0.369 e. The number of halogens is 4. The van der Waals surface area contributed by atoms with Gasteiger partial charge in [-0.2, -0.15) is 0 Å². The first kappa shape index (κ1) is 90.1. The van der Waals surface area contributed by atoms with Gasteiger partial charge in [-0.1, -0.05) is 96.0 Å². The van der Waals surface area contributed by atoms with Crippen LogP contribution in [0.25, 0.3) is 0 Å². The van der Waals surface area contributed by atoms with E-state index in [1.54, 1.807) is 51.4 Å². The Morgan fingerprint density at radius 1 is 0.407 bits per heavy atom. The lowest BCUT2D eigenvalue weighted by molar-refractivity contribution is 0.0976. The number of nitrogens with two attached hydrogens (primary N) is 4. The van der Waals surface area contributed by atoms with Crippen LogP contribution in [0.5, 0.6) is 0 Å². The molecule has 0 radical (unpaired) electrons. The Balaban J connectivity index is 0.000000141. The van der Waals surface area contributed by atoms with Crippen molar-refractivity contribution in [2.45, 2.75) is 194 Å². The number of carbonyl (C=O) groups excluding carboxylic acids is 4. The SMILES string of the molecule is CN1C(N)=N[C@]2(C)c3cc(CC(=O)c4ncc(Cl)cc4F)ccc3CCC[C@@H]2S1(=O)=O.Cc1cc(F)cnc1C(=O)Cc1ccc2c(c1)[C@@]1(C)N=C(N)N(C)S(=O)(=O)[C@H]1CCC2.Cc1cnc(C(=O)Cc2ccc3c(c2)[C@@]2(C)N=C(N)N(C)S(=O)(=O)[C@H]2CCC3)c(Cl)c1.Cc1cnc(C(=O)Cc2ccc3c(c2)[C@@]2(C)N=C(N)N(C)S(=O)(=O)[C@H]2CCC3)cn1. The van der Waals surface area contributed by atoms with Crippen LogP contribution in [0.4, 0.5) is 8.78 Å². The second kappa shape index (κ2) is 34.2. The number of sulfonamides is 4. The molecule has 650 valence electrons. The molecule has 4 aliphatic carbocycles. The third kappa shape index (κ3) is 17.2. The number of guanidine groups is 4. The summed E-state index contributed by atoms with van der Waals surface area (Å²) in [4.78, 5) is 89.7. The molecule has 0 saturated heterocycles. The Morgan fingerprint density at radius 2 is 0.732 bits per heavy atom. The molecule has 8 aliphatic rings. The van der Waals surface area contributed by atoms with E-state index in [1.807, 2.05) is 88.4 Å². The summed E-state index contributed by atoms with van der Waals surface area (Å²) < 4.78 is 137. The van der Waals surface area contributed by atoms with E-state index in [1.165, 1.54) is 46.7 Å². The lowest BCUT2D eigenvalue weighted by Crippen LogP contribution is -2.56. The second-order valence-electron chi connectivity index (χ2n) is 33.1. The van der Waals surface area contributed by atoms with Gasteiger partial charge in [-0.3, -0.25) is 29.1 Å². The fourth-order valence-electron chi connectivity index (χ4n) is 18.0. The molecule has 0 bridgehead atoms. The van der Waals surface area contributed by atoms with E-state index in [0.29, 0.717) is 66.8 Å². The fourth-order valence-corrected chi connectivity index (χ4v) is 26.1. The maximum Gasteiger partial charge on any atom is 0.242 e. The summed E-state index contributed by atoms with van der Waals surface area (Å²) in [6, 6.07) is 26.7. The van der Waals surface area contributed by atoms with E-state index in [4.69, 9.17) is 46.1 Å². The minimum absolute atomic E-state index is 0.0157. The molecular weight excluding hydrogens is 1700 g/mol. The van der Waals surface area contributed by atoms with Crippen LogP contribution in [0.1, 0.15) is 205 Å². The minimum Gasteiger partial charge on any atom is -0.369 e. The Labute approximate surface area is 724 Å². The van der Waals surface area contributed by atoms with Gasteiger partial charge in [0.25, 0.3) is 0 Å². The van der Waals surface area contributed by atoms with E-state index in [2.05, 4.69) is 44.9 Å². The molecule has 29 nitrogen and oxygen atoms in total. The highest BCUT2D eigenvalue weighted by Crippen LogP contribution is 2.49. The lowest BCUT2D eigenvalue weighted by Gasteiger charge is -2.41. The molecule has 8 N–H and O–H groups in total. The molecule has 0 fully saturated rings. The van der Waals surface area contributed by atoms with Gasteiger partial charge in [0.05, 0.1) is 28.1 Å². The normalized spacial score (nSPS) is 24.7. The number of nitrogens with zero attached hydrogens (tertiary/aromatic N) is 13. The molecule has 16 rings (SSSR count). The van der Waals surface area contributed by atoms with Crippen LogP contribution < -0.4 is 22.9 Å². The van der Waals surface area contributed by atoms with Crippen LogP contribution in [-0.2, 0) is 114 Å². The lowest BCUT2D eigenvalue weighted by atomic mass is 9.84. The zero-order valence-corrected chi connectivity index (χ0v) is 74.6. The number of Topliss-reactive ketones (excluding diaryl/α,β-unsaturated/α-hetero) is 4. The quantitative estimate of drug-likeness (QED) is 0.0826. The third-order valence-corrected chi connectivity index (χ3v) is 34.8. The molecule has 123 heavy (non-hydrogen) atoms.